The van der Waals surface area contributed by atoms with E-state index < -0.39 is 0 Å². The highest BCUT2D eigenvalue weighted by molar-refractivity contribution is 7.22. The van der Waals surface area contributed by atoms with Gasteiger partial charge in [0.1, 0.15) is 5.82 Å². The second kappa shape index (κ2) is 3.88. The van der Waals surface area contributed by atoms with Crippen LogP contribution in [0, 0.1) is 0 Å². The van der Waals surface area contributed by atoms with Crippen LogP contribution in [0.15, 0.2) is 12.3 Å². The van der Waals surface area contributed by atoms with E-state index in [9.17, 15) is 0 Å². The molecular weight excluding hydrogens is 224 g/mol. The van der Waals surface area contributed by atoms with Gasteiger partial charge >= 0.3 is 0 Å². The van der Waals surface area contributed by atoms with Gasteiger partial charge < -0.3 is 15.4 Å². The van der Waals surface area contributed by atoms with E-state index in [1.165, 1.54) is 11.3 Å². The average molecular weight is 236 g/mol. The Hall–Kier alpha value is -1.40. The molecule has 84 valence electrons. The van der Waals surface area contributed by atoms with Gasteiger partial charge in [0.2, 0.25) is 0 Å². The second-order valence-electron chi connectivity index (χ2n) is 3.66. The number of nitrogens with two attached hydrogens (primary N) is 1. The highest BCUT2D eigenvalue weighted by Gasteiger charge is 2.13. The molecule has 0 amide bonds. The summed E-state index contributed by atoms with van der Waals surface area (Å²) in [5, 5.41) is 0.593. The number of hydrogen-bond donors (Lipinski definition) is 1. The van der Waals surface area contributed by atoms with Gasteiger partial charge in [0, 0.05) is 25.4 Å². The van der Waals surface area contributed by atoms with Crippen LogP contribution in [0.25, 0.3) is 10.2 Å². The molecule has 2 aromatic heterocycles. The summed E-state index contributed by atoms with van der Waals surface area (Å²) in [4.78, 5) is 10.9. The van der Waals surface area contributed by atoms with Gasteiger partial charge in [0.05, 0.1) is 23.4 Å². The lowest BCUT2D eigenvalue weighted by molar-refractivity contribution is 0.122. The van der Waals surface area contributed by atoms with Gasteiger partial charge in [0.25, 0.3) is 0 Å². The smallest absolute Gasteiger partial charge is 0.181 e. The van der Waals surface area contributed by atoms with Crippen molar-refractivity contribution in [2.45, 2.75) is 0 Å². The van der Waals surface area contributed by atoms with E-state index in [0.29, 0.717) is 5.13 Å². The monoisotopic (exact) mass is 236 g/mol. The number of morpholine rings is 1. The maximum absolute atomic E-state index is 5.67. The number of thiazole rings is 1. The van der Waals surface area contributed by atoms with E-state index in [1.807, 2.05) is 12.3 Å². The van der Waals surface area contributed by atoms with E-state index in [0.717, 1.165) is 42.3 Å². The highest BCUT2D eigenvalue weighted by Crippen LogP contribution is 2.25. The Morgan fingerprint density at radius 3 is 3.00 bits per heavy atom. The maximum atomic E-state index is 5.67. The van der Waals surface area contributed by atoms with Gasteiger partial charge in [-0.25, -0.2) is 9.97 Å². The molecule has 0 aliphatic carbocycles. The highest BCUT2D eigenvalue weighted by atomic mass is 32.1. The van der Waals surface area contributed by atoms with Crippen molar-refractivity contribution in [2.75, 3.05) is 36.9 Å². The Balaban J connectivity index is 1.97. The summed E-state index contributed by atoms with van der Waals surface area (Å²) in [6.45, 7) is 3.30. The molecule has 0 spiro atoms. The molecule has 3 rings (SSSR count). The zero-order chi connectivity index (χ0) is 11.0. The van der Waals surface area contributed by atoms with E-state index in [4.69, 9.17) is 10.5 Å². The third kappa shape index (κ3) is 1.70. The SMILES string of the molecule is Nc1nc2cc(N3CCOCC3)ncc2s1. The Bertz CT molecular complexity index is 506. The molecule has 0 radical (unpaired) electrons. The molecule has 1 aliphatic heterocycles. The summed E-state index contributed by atoms with van der Waals surface area (Å²) in [6.07, 6.45) is 1.84. The molecule has 6 heteroatoms. The van der Waals surface area contributed by atoms with E-state index in [2.05, 4.69) is 14.9 Å². The molecule has 16 heavy (non-hydrogen) atoms. The minimum Gasteiger partial charge on any atom is -0.378 e. The first kappa shape index (κ1) is 9.80. The van der Waals surface area contributed by atoms with Crippen molar-refractivity contribution in [3.63, 3.8) is 0 Å². The Morgan fingerprint density at radius 1 is 1.38 bits per heavy atom. The standard InChI is InChI=1S/C10H12N4OS/c11-10-13-7-5-9(12-6-8(7)16-10)14-1-3-15-4-2-14/h5-6H,1-4H2,(H2,11,13). The minimum atomic E-state index is 0.593. The lowest BCUT2D eigenvalue weighted by Crippen LogP contribution is -2.36. The number of aromatic nitrogens is 2. The molecule has 0 atom stereocenters. The number of nitrogens with zero attached hydrogens (tertiary/aromatic N) is 3. The molecule has 1 fully saturated rings. The fourth-order valence-electron chi connectivity index (χ4n) is 1.81. The molecule has 2 N–H and O–H groups in total. The van der Waals surface area contributed by atoms with Gasteiger partial charge in [-0.1, -0.05) is 11.3 Å². The lowest BCUT2D eigenvalue weighted by atomic mass is 10.3. The molecule has 0 unspecified atom stereocenters. The van der Waals surface area contributed by atoms with Crippen molar-refractivity contribution in [3.05, 3.63) is 12.3 Å². The van der Waals surface area contributed by atoms with E-state index in [1.54, 1.807) is 0 Å². The molecular formula is C10H12N4OS. The Labute approximate surface area is 96.9 Å². The maximum Gasteiger partial charge on any atom is 0.181 e. The normalized spacial score (nSPS) is 16.9. The number of pyridine rings is 1. The Kier molecular flexibility index (Phi) is 2.37. The van der Waals surface area contributed by atoms with Crippen LogP contribution in [-0.2, 0) is 4.74 Å². The number of hydrogen-bond acceptors (Lipinski definition) is 6. The predicted octanol–water partition coefficient (Wildman–Crippen LogP) is 1.11. The molecule has 0 aromatic carbocycles. The zero-order valence-corrected chi connectivity index (χ0v) is 9.54. The van der Waals surface area contributed by atoms with Crippen molar-refractivity contribution < 1.29 is 4.74 Å². The number of nitrogen functional groups attached to an aromatic ring is 1. The summed E-state index contributed by atoms with van der Waals surface area (Å²) >= 11 is 1.47. The van der Waals surface area contributed by atoms with E-state index in [-0.39, 0.29) is 0 Å². The van der Waals surface area contributed by atoms with Crippen molar-refractivity contribution in [1.82, 2.24) is 9.97 Å². The van der Waals surface area contributed by atoms with Crippen LogP contribution < -0.4 is 10.6 Å². The lowest BCUT2D eigenvalue weighted by Gasteiger charge is -2.27. The van der Waals surface area contributed by atoms with Crippen molar-refractivity contribution in [1.29, 1.82) is 0 Å². The van der Waals surface area contributed by atoms with E-state index >= 15 is 0 Å². The van der Waals surface area contributed by atoms with Crippen LogP contribution in [0.1, 0.15) is 0 Å². The molecule has 1 aliphatic rings. The molecule has 1 saturated heterocycles. The van der Waals surface area contributed by atoms with Gasteiger partial charge in [-0.2, -0.15) is 0 Å². The van der Waals surface area contributed by atoms with Crippen LogP contribution in [0.4, 0.5) is 10.9 Å². The van der Waals surface area contributed by atoms with Gasteiger partial charge in [0.15, 0.2) is 5.13 Å². The summed E-state index contributed by atoms with van der Waals surface area (Å²) in [6, 6.07) is 1.99. The third-order valence-corrected chi connectivity index (χ3v) is 3.45. The first-order valence-corrected chi connectivity index (χ1v) is 5.99. The number of ether oxygens (including phenoxy) is 1. The molecule has 5 nitrogen and oxygen atoms in total. The van der Waals surface area contributed by atoms with Crippen molar-refractivity contribution >= 4 is 32.5 Å². The van der Waals surface area contributed by atoms with Crippen LogP contribution in [-0.4, -0.2) is 36.3 Å². The molecule has 0 saturated carbocycles. The molecule has 2 aromatic rings. The summed E-state index contributed by atoms with van der Waals surface area (Å²) < 4.78 is 6.35. The van der Waals surface area contributed by atoms with Crippen LogP contribution in [0.2, 0.25) is 0 Å². The first-order valence-electron chi connectivity index (χ1n) is 5.18. The third-order valence-electron chi connectivity index (χ3n) is 2.61. The van der Waals surface area contributed by atoms with Crippen LogP contribution in [0.5, 0.6) is 0 Å². The summed E-state index contributed by atoms with van der Waals surface area (Å²) in [7, 11) is 0. The fourth-order valence-corrected chi connectivity index (χ4v) is 2.49. The van der Waals surface area contributed by atoms with Crippen molar-refractivity contribution in [3.8, 4) is 0 Å². The Morgan fingerprint density at radius 2 is 2.19 bits per heavy atom. The zero-order valence-electron chi connectivity index (χ0n) is 8.72. The van der Waals surface area contributed by atoms with Crippen LogP contribution in [0.3, 0.4) is 0 Å². The molecule has 3 heterocycles. The number of anilines is 2. The second-order valence-corrected chi connectivity index (χ2v) is 4.72. The largest absolute Gasteiger partial charge is 0.378 e. The summed E-state index contributed by atoms with van der Waals surface area (Å²) in [5.41, 5.74) is 6.59. The van der Waals surface area contributed by atoms with Crippen molar-refractivity contribution in [2.24, 2.45) is 0 Å². The minimum absolute atomic E-state index is 0.593. The van der Waals surface area contributed by atoms with Gasteiger partial charge in [-0.3, -0.25) is 0 Å². The topological polar surface area (TPSA) is 64.3 Å². The summed E-state index contributed by atoms with van der Waals surface area (Å²) in [5.74, 6) is 0.959. The molecule has 0 bridgehead atoms. The van der Waals surface area contributed by atoms with Gasteiger partial charge in [-0.05, 0) is 0 Å². The quantitative estimate of drug-likeness (QED) is 0.803. The van der Waals surface area contributed by atoms with Crippen LogP contribution >= 0.6 is 11.3 Å². The first-order chi connectivity index (χ1) is 7.83. The predicted molar refractivity (Wildman–Crippen MR) is 64.9 cm³/mol. The number of fused-ring (bicyclic) bond motifs is 1. The number of rotatable bonds is 1. The van der Waals surface area contributed by atoms with Gasteiger partial charge in [-0.15, -0.1) is 0 Å². The average Bonchev–Trinajstić information content (AvgIpc) is 2.69. The fraction of sp³-hybridized carbons (Fsp3) is 0.400.